The zero-order valence-corrected chi connectivity index (χ0v) is 20.7. The van der Waals surface area contributed by atoms with Gasteiger partial charge in [0.15, 0.2) is 0 Å². The number of esters is 3. The molecule has 0 fully saturated rings. The number of ether oxygens (including phenoxy) is 3. The number of amidine groups is 1. The molecule has 0 aliphatic heterocycles. The van der Waals surface area contributed by atoms with E-state index in [1.165, 1.54) is 31.2 Å². The van der Waals surface area contributed by atoms with Gasteiger partial charge in [-0.15, -0.1) is 0 Å². The molecule has 37 heavy (non-hydrogen) atoms. The van der Waals surface area contributed by atoms with Crippen LogP contribution >= 0.6 is 0 Å². The summed E-state index contributed by atoms with van der Waals surface area (Å²) < 4.78 is 14.9. The van der Waals surface area contributed by atoms with Crippen molar-refractivity contribution in [2.45, 2.75) is 20.8 Å². The molecule has 0 heterocycles. The molecule has 0 radical (unpaired) electrons. The fourth-order valence-corrected chi connectivity index (χ4v) is 2.89. The number of amides is 1. The molecule has 3 N–H and O–H groups in total. The van der Waals surface area contributed by atoms with Crippen LogP contribution in [0.4, 0.5) is 0 Å². The van der Waals surface area contributed by atoms with Gasteiger partial charge in [-0.05, 0) is 68.8 Å². The molecule has 1 amide bonds. The zero-order chi connectivity index (χ0) is 27.4. The van der Waals surface area contributed by atoms with Gasteiger partial charge in [0.1, 0.15) is 18.1 Å². The Balaban J connectivity index is 2.14. The molecule has 0 aromatic heterocycles. The third kappa shape index (κ3) is 8.99. The molecule has 2 aromatic carbocycles. The van der Waals surface area contributed by atoms with E-state index < -0.39 is 30.4 Å². The Kier molecular flexibility index (Phi) is 10.6. The maximum absolute atomic E-state index is 12.9. The third-order valence-electron chi connectivity index (χ3n) is 4.65. The second-order valence-electron chi connectivity index (χ2n) is 7.43. The van der Waals surface area contributed by atoms with E-state index in [-0.39, 0.29) is 30.2 Å². The lowest BCUT2D eigenvalue weighted by atomic mass is 10.1. The molecule has 10 heteroatoms. The summed E-state index contributed by atoms with van der Waals surface area (Å²) in [6.07, 6.45) is 1.54. The molecule has 0 spiro atoms. The van der Waals surface area contributed by atoms with Crippen LogP contribution in [0.25, 0.3) is 6.08 Å². The maximum Gasteiger partial charge on any atom is 0.386 e. The maximum atomic E-state index is 12.9. The molecule has 0 saturated carbocycles. The summed E-state index contributed by atoms with van der Waals surface area (Å²) in [7, 11) is 0. The van der Waals surface area contributed by atoms with Crippen molar-refractivity contribution in [1.29, 1.82) is 5.41 Å². The SMILES string of the molecule is CCOC(=O)C#CN(CC(=O)OCC)C(=O)C(C)=Cc1ccc(C(=O)Oc2ccc(C(=N)N)cc2)cc1. The molecule has 0 atom stereocenters. The van der Waals surface area contributed by atoms with E-state index in [4.69, 9.17) is 25.4 Å². The van der Waals surface area contributed by atoms with Gasteiger partial charge in [0.05, 0.1) is 18.8 Å². The fraction of sp³-hybridized carbons (Fsp3) is 0.222. The quantitative estimate of drug-likeness (QED) is 0.100. The molecule has 0 unspecified atom stereocenters. The highest BCUT2D eigenvalue weighted by Crippen LogP contribution is 2.16. The van der Waals surface area contributed by atoms with Crippen LogP contribution in [-0.2, 0) is 23.9 Å². The van der Waals surface area contributed by atoms with Gasteiger partial charge in [-0.2, -0.15) is 0 Å². The molecule has 2 aromatic rings. The number of nitrogens with zero attached hydrogens (tertiary/aromatic N) is 1. The lowest BCUT2D eigenvalue weighted by Crippen LogP contribution is -2.33. The van der Waals surface area contributed by atoms with E-state index in [2.05, 4.69) is 12.0 Å². The molecule has 10 nitrogen and oxygen atoms in total. The molecular formula is C27H27N3O7. The normalized spacial score (nSPS) is 10.4. The largest absolute Gasteiger partial charge is 0.465 e. The zero-order valence-electron chi connectivity index (χ0n) is 20.7. The lowest BCUT2D eigenvalue weighted by molar-refractivity contribution is -0.146. The number of benzene rings is 2. The number of nitrogens with one attached hydrogen (secondary N) is 1. The molecule has 0 aliphatic rings. The monoisotopic (exact) mass is 505 g/mol. The van der Waals surface area contributed by atoms with Gasteiger partial charge in [0.2, 0.25) is 0 Å². The first-order chi connectivity index (χ1) is 17.6. The first-order valence-electron chi connectivity index (χ1n) is 11.3. The van der Waals surface area contributed by atoms with Gasteiger partial charge in [-0.1, -0.05) is 12.1 Å². The van der Waals surface area contributed by atoms with Crippen LogP contribution < -0.4 is 10.5 Å². The van der Waals surface area contributed by atoms with Crippen LogP contribution in [0.15, 0.2) is 54.1 Å². The van der Waals surface area contributed by atoms with Crippen molar-refractivity contribution in [3.63, 3.8) is 0 Å². The van der Waals surface area contributed by atoms with Crippen molar-refractivity contribution in [2.24, 2.45) is 5.73 Å². The highest BCUT2D eigenvalue weighted by molar-refractivity contribution is 6.01. The standard InChI is InChI=1S/C27H27N3O7/c1-4-35-23(31)14-15-30(17-24(32)36-5-2)26(33)18(3)16-19-6-8-21(9-7-19)27(34)37-22-12-10-20(11-13-22)25(28)29/h6-13,16H,4-5,17H2,1-3H3,(H3,28,29). The number of hydrogen-bond acceptors (Lipinski definition) is 8. The highest BCUT2D eigenvalue weighted by atomic mass is 16.5. The van der Waals surface area contributed by atoms with E-state index in [1.54, 1.807) is 44.2 Å². The molecule has 0 bridgehead atoms. The lowest BCUT2D eigenvalue weighted by Gasteiger charge is -2.15. The predicted molar refractivity (Wildman–Crippen MR) is 135 cm³/mol. The summed E-state index contributed by atoms with van der Waals surface area (Å²) in [5, 5.41) is 7.40. The van der Waals surface area contributed by atoms with Crippen molar-refractivity contribution in [3.05, 3.63) is 70.8 Å². The summed E-state index contributed by atoms with van der Waals surface area (Å²) >= 11 is 0. The van der Waals surface area contributed by atoms with Gasteiger partial charge in [-0.3, -0.25) is 19.9 Å². The molecule has 192 valence electrons. The number of nitrogens with two attached hydrogens (primary N) is 1. The number of carbonyl (C=O) groups is 4. The van der Waals surface area contributed by atoms with Crippen LogP contribution in [0.1, 0.15) is 42.3 Å². The fourth-order valence-electron chi connectivity index (χ4n) is 2.89. The number of rotatable bonds is 9. The summed E-state index contributed by atoms with van der Waals surface area (Å²) in [4.78, 5) is 49.7. The minimum atomic E-state index is -0.830. The Bertz CT molecular complexity index is 1250. The van der Waals surface area contributed by atoms with Crippen molar-refractivity contribution >= 4 is 35.7 Å². The molecule has 0 aliphatic carbocycles. The Hall–Kier alpha value is -4.91. The summed E-state index contributed by atoms with van der Waals surface area (Å²) in [5.74, 6) is -0.334. The van der Waals surface area contributed by atoms with E-state index in [0.29, 0.717) is 16.9 Å². The van der Waals surface area contributed by atoms with E-state index in [1.807, 2.05) is 0 Å². The first-order valence-corrected chi connectivity index (χ1v) is 11.3. The van der Waals surface area contributed by atoms with E-state index in [0.717, 1.165) is 4.90 Å². The second-order valence-corrected chi connectivity index (χ2v) is 7.43. The van der Waals surface area contributed by atoms with Crippen molar-refractivity contribution in [1.82, 2.24) is 4.90 Å². The van der Waals surface area contributed by atoms with Gasteiger partial charge >= 0.3 is 17.9 Å². The number of carbonyl (C=O) groups excluding carboxylic acids is 4. The van der Waals surface area contributed by atoms with Gasteiger partial charge in [0.25, 0.3) is 5.91 Å². The molecule has 2 rings (SSSR count). The van der Waals surface area contributed by atoms with Crippen LogP contribution in [0.3, 0.4) is 0 Å². The van der Waals surface area contributed by atoms with Crippen molar-refractivity contribution in [2.75, 3.05) is 19.8 Å². The summed E-state index contributed by atoms with van der Waals surface area (Å²) in [5.41, 5.74) is 7.02. The minimum absolute atomic E-state index is 0.0923. The van der Waals surface area contributed by atoms with Crippen LogP contribution in [0.5, 0.6) is 5.75 Å². The van der Waals surface area contributed by atoms with Gasteiger partial charge < -0.3 is 19.9 Å². The van der Waals surface area contributed by atoms with Gasteiger partial charge in [-0.25, -0.2) is 9.59 Å². The van der Waals surface area contributed by atoms with Crippen LogP contribution in [0, 0.1) is 17.4 Å². The van der Waals surface area contributed by atoms with Crippen LogP contribution in [-0.4, -0.2) is 54.3 Å². The smallest absolute Gasteiger partial charge is 0.386 e. The van der Waals surface area contributed by atoms with E-state index >= 15 is 0 Å². The highest BCUT2D eigenvalue weighted by Gasteiger charge is 2.18. The number of hydrogen-bond donors (Lipinski definition) is 2. The topological polar surface area (TPSA) is 149 Å². The second kappa shape index (κ2) is 13.8. The Morgan fingerprint density at radius 1 is 0.946 bits per heavy atom. The molecular weight excluding hydrogens is 478 g/mol. The predicted octanol–water partition coefficient (Wildman–Crippen LogP) is 2.51. The van der Waals surface area contributed by atoms with Gasteiger partial charge in [0, 0.05) is 23.1 Å². The average molecular weight is 506 g/mol. The Morgan fingerprint density at radius 2 is 1.54 bits per heavy atom. The van der Waals surface area contributed by atoms with Crippen molar-refractivity contribution in [3.8, 4) is 17.7 Å². The Labute approximate surface area is 214 Å². The van der Waals surface area contributed by atoms with Crippen LogP contribution in [0.2, 0.25) is 0 Å². The summed E-state index contributed by atoms with van der Waals surface area (Å²) in [6, 6.07) is 14.9. The summed E-state index contributed by atoms with van der Waals surface area (Å²) in [6.45, 7) is 4.55. The first kappa shape index (κ1) is 28.3. The van der Waals surface area contributed by atoms with Crippen molar-refractivity contribution < 1.29 is 33.4 Å². The van der Waals surface area contributed by atoms with E-state index in [9.17, 15) is 19.2 Å². The minimum Gasteiger partial charge on any atom is -0.465 e. The average Bonchev–Trinajstić information content (AvgIpc) is 2.87. The third-order valence-corrected chi connectivity index (χ3v) is 4.65. The molecule has 0 saturated heterocycles. The number of nitrogen functional groups attached to an aromatic ring is 1. The Morgan fingerprint density at radius 3 is 2.11 bits per heavy atom.